The average molecular weight is 357 g/mol. The zero-order valence-corrected chi connectivity index (χ0v) is 14.6. The second-order valence-electron chi connectivity index (χ2n) is 5.65. The number of aromatic nitrogens is 2. The Hall–Kier alpha value is -2.25. The third-order valence-electron chi connectivity index (χ3n) is 4.22. The number of fused-ring (bicyclic) bond motifs is 1. The summed E-state index contributed by atoms with van der Waals surface area (Å²) in [5.74, 6) is -0.138. The summed E-state index contributed by atoms with van der Waals surface area (Å²) in [5, 5.41) is 8.24. The topological polar surface area (TPSA) is 55.2 Å². The second-order valence-corrected chi connectivity index (χ2v) is 7.63. The first-order valence-electron chi connectivity index (χ1n) is 7.60. The van der Waals surface area contributed by atoms with Crippen molar-refractivity contribution in [3.63, 3.8) is 0 Å². The number of thiophene rings is 2. The van der Waals surface area contributed by atoms with Crippen LogP contribution in [0.4, 0.5) is 0 Å². The standard InChI is InChI=1S/C17H15N3O2S2/c1-19-15(21)5-4-12(18-19)17(22)20-8-6-13-11(7-10-24-13)16(20)14-3-2-9-23-14/h2-5,7,9-10,16H,6,8H2,1H3/t16-/m0/s1. The lowest BCUT2D eigenvalue weighted by molar-refractivity contribution is 0.0690. The van der Waals surface area contributed by atoms with Gasteiger partial charge < -0.3 is 4.90 Å². The fraction of sp³-hybridized carbons (Fsp3) is 0.235. The molecular formula is C17H15N3O2S2. The molecule has 0 radical (unpaired) electrons. The van der Waals surface area contributed by atoms with E-state index in [1.807, 2.05) is 16.3 Å². The van der Waals surface area contributed by atoms with Crippen molar-refractivity contribution in [3.8, 4) is 0 Å². The van der Waals surface area contributed by atoms with Crippen LogP contribution in [0.25, 0.3) is 0 Å². The highest BCUT2D eigenvalue weighted by Crippen LogP contribution is 2.39. The first-order valence-corrected chi connectivity index (χ1v) is 9.36. The predicted molar refractivity (Wildman–Crippen MR) is 94.7 cm³/mol. The molecule has 3 aromatic rings. The number of nitrogens with zero attached hydrogens (tertiary/aromatic N) is 3. The van der Waals surface area contributed by atoms with Crippen molar-refractivity contribution in [2.45, 2.75) is 12.5 Å². The molecule has 4 rings (SSSR count). The second kappa shape index (κ2) is 5.99. The minimum absolute atomic E-state index is 0.0773. The summed E-state index contributed by atoms with van der Waals surface area (Å²) in [6, 6.07) is 9.01. The van der Waals surface area contributed by atoms with Crippen molar-refractivity contribution in [1.29, 1.82) is 0 Å². The van der Waals surface area contributed by atoms with E-state index < -0.39 is 0 Å². The molecule has 4 heterocycles. The molecule has 7 heteroatoms. The van der Waals surface area contributed by atoms with Gasteiger partial charge in [0.05, 0.1) is 6.04 Å². The van der Waals surface area contributed by atoms with E-state index in [1.165, 1.54) is 27.3 Å². The molecule has 1 aliphatic rings. The Morgan fingerprint density at radius 1 is 1.21 bits per heavy atom. The van der Waals surface area contributed by atoms with Gasteiger partial charge in [0.1, 0.15) is 5.69 Å². The third-order valence-corrected chi connectivity index (χ3v) is 6.14. The normalized spacial score (nSPS) is 16.9. The summed E-state index contributed by atoms with van der Waals surface area (Å²) < 4.78 is 1.20. The first kappa shape index (κ1) is 15.3. The van der Waals surface area contributed by atoms with Crippen LogP contribution in [0.15, 0.2) is 45.9 Å². The minimum Gasteiger partial charge on any atom is -0.325 e. The van der Waals surface area contributed by atoms with E-state index in [2.05, 4.69) is 22.6 Å². The summed E-state index contributed by atoms with van der Waals surface area (Å²) in [6.07, 6.45) is 0.854. The maximum atomic E-state index is 13.1. The predicted octanol–water partition coefficient (Wildman–Crippen LogP) is 2.69. The van der Waals surface area contributed by atoms with Crippen molar-refractivity contribution in [2.24, 2.45) is 7.05 Å². The van der Waals surface area contributed by atoms with E-state index in [0.717, 1.165) is 11.3 Å². The van der Waals surface area contributed by atoms with Crippen LogP contribution in [0.3, 0.4) is 0 Å². The number of carbonyl (C=O) groups excluding carboxylic acids is 1. The van der Waals surface area contributed by atoms with Crippen molar-refractivity contribution < 1.29 is 4.79 Å². The highest BCUT2D eigenvalue weighted by atomic mass is 32.1. The molecule has 0 N–H and O–H groups in total. The Balaban J connectivity index is 1.77. The van der Waals surface area contributed by atoms with Crippen LogP contribution in [-0.2, 0) is 13.5 Å². The maximum Gasteiger partial charge on any atom is 0.275 e. The van der Waals surface area contributed by atoms with Crippen LogP contribution in [0.5, 0.6) is 0 Å². The number of amides is 1. The lowest BCUT2D eigenvalue weighted by atomic mass is 9.98. The van der Waals surface area contributed by atoms with Gasteiger partial charge >= 0.3 is 0 Å². The molecule has 0 aromatic carbocycles. The van der Waals surface area contributed by atoms with Gasteiger partial charge in [-0.1, -0.05) is 6.07 Å². The molecule has 1 aliphatic heterocycles. The molecule has 0 saturated carbocycles. The molecule has 122 valence electrons. The van der Waals surface area contributed by atoms with E-state index in [-0.39, 0.29) is 17.5 Å². The minimum atomic E-state index is -0.222. The lowest BCUT2D eigenvalue weighted by Gasteiger charge is -2.35. The van der Waals surface area contributed by atoms with Gasteiger partial charge in [0.15, 0.2) is 0 Å². The zero-order valence-electron chi connectivity index (χ0n) is 13.0. The number of hydrogen-bond acceptors (Lipinski definition) is 5. The molecule has 0 spiro atoms. The summed E-state index contributed by atoms with van der Waals surface area (Å²) in [6.45, 7) is 0.652. The molecule has 0 bridgehead atoms. The van der Waals surface area contributed by atoms with Crippen LogP contribution in [0, 0.1) is 0 Å². The summed E-state index contributed by atoms with van der Waals surface area (Å²) in [5.41, 5.74) is 1.28. The number of hydrogen-bond donors (Lipinski definition) is 0. The molecule has 0 aliphatic carbocycles. The molecule has 24 heavy (non-hydrogen) atoms. The quantitative estimate of drug-likeness (QED) is 0.709. The van der Waals surface area contributed by atoms with Crippen molar-refractivity contribution in [1.82, 2.24) is 14.7 Å². The van der Waals surface area contributed by atoms with Crippen LogP contribution in [-0.4, -0.2) is 27.1 Å². The van der Waals surface area contributed by atoms with E-state index in [1.54, 1.807) is 29.7 Å². The van der Waals surface area contributed by atoms with Crippen molar-refractivity contribution in [2.75, 3.05) is 6.54 Å². The zero-order chi connectivity index (χ0) is 16.7. The summed E-state index contributed by atoms with van der Waals surface area (Å²) in [7, 11) is 1.56. The highest BCUT2D eigenvalue weighted by molar-refractivity contribution is 7.10. The molecule has 3 aromatic heterocycles. The SMILES string of the molecule is Cn1nc(C(=O)N2CCc3sccc3[C@H]2c2cccs2)ccc1=O. The van der Waals surface area contributed by atoms with E-state index in [4.69, 9.17) is 0 Å². The van der Waals surface area contributed by atoms with E-state index in [0.29, 0.717) is 12.2 Å². The molecular weight excluding hydrogens is 342 g/mol. The fourth-order valence-electron chi connectivity index (χ4n) is 3.05. The lowest BCUT2D eigenvalue weighted by Crippen LogP contribution is -2.40. The molecule has 0 unspecified atom stereocenters. The van der Waals surface area contributed by atoms with Crippen molar-refractivity contribution in [3.05, 3.63) is 72.5 Å². The maximum absolute atomic E-state index is 13.1. The van der Waals surface area contributed by atoms with Gasteiger partial charge in [0, 0.05) is 29.4 Å². The first-order chi connectivity index (χ1) is 11.6. The smallest absolute Gasteiger partial charge is 0.275 e. The van der Waals surface area contributed by atoms with Gasteiger partial charge in [0.25, 0.3) is 11.5 Å². The van der Waals surface area contributed by atoms with Crippen LogP contribution in [0.1, 0.15) is 31.8 Å². The Labute approximate surface area is 146 Å². The van der Waals surface area contributed by atoms with E-state index in [9.17, 15) is 9.59 Å². The monoisotopic (exact) mass is 357 g/mol. The van der Waals surface area contributed by atoms with E-state index >= 15 is 0 Å². The average Bonchev–Trinajstić information content (AvgIpc) is 3.26. The number of carbonyl (C=O) groups is 1. The van der Waals surface area contributed by atoms with Gasteiger partial charge in [0.2, 0.25) is 0 Å². The highest BCUT2D eigenvalue weighted by Gasteiger charge is 2.34. The van der Waals surface area contributed by atoms with Gasteiger partial charge in [-0.3, -0.25) is 9.59 Å². The fourth-order valence-corrected chi connectivity index (χ4v) is 4.81. The Bertz CT molecular complexity index is 943. The Morgan fingerprint density at radius 3 is 2.83 bits per heavy atom. The summed E-state index contributed by atoms with van der Waals surface area (Å²) >= 11 is 3.40. The van der Waals surface area contributed by atoms with Crippen LogP contribution in [0.2, 0.25) is 0 Å². The Kier molecular flexibility index (Phi) is 3.82. The van der Waals surface area contributed by atoms with Gasteiger partial charge in [-0.2, -0.15) is 5.10 Å². The molecule has 1 atom stereocenters. The van der Waals surface area contributed by atoms with Crippen molar-refractivity contribution >= 4 is 28.6 Å². The molecule has 1 amide bonds. The molecule has 5 nitrogen and oxygen atoms in total. The van der Waals surface area contributed by atoms with Gasteiger partial charge in [-0.25, -0.2) is 4.68 Å². The molecule has 0 fully saturated rings. The number of rotatable bonds is 2. The Morgan fingerprint density at radius 2 is 2.08 bits per heavy atom. The van der Waals surface area contributed by atoms with Gasteiger partial charge in [-0.15, -0.1) is 22.7 Å². The number of aryl methyl sites for hydroxylation is 1. The largest absolute Gasteiger partial charge is 0.325 e. The van der Waals surface area contributed by atoms with Gasteiger partial charge in [-0.05, 0) is 40.9 Å². The van der Waals surface area contributed by atoms with Crippen LogP contribution >= 0.6 is 22.7 Å². The summed E-state index contributed by atoms with van der Waals surface area (Å²) in [4.78, 5) is 28.9. The van der Waals surface area contributed by atoms with Crippen LogP contribution < -0.4 is 5.56 Å². The third kappa shape index (κ3) is 2.50. The molecule has 0 saturated heterocycles.